The molecule has 1 rings (SSSR count). The van der Waals surface area contributed by atoms with Crippen molar-refractivity contribution in [2.24, 2.45) is 5.41 Å². The molecule has 0 radical (unpaired) electrons. The number of hydrogen-bond acceptors (Lipinski definition) is 3. The molecule has 0 saturated carbocycles. The Morgan fingerprint density at radius 2 is 1.44 bits per heavy atom. The van der Waals surface area contributed by atoms with Crippen LogP contribution < -0.4 is 0 Å². The van der Waals surface area contributed by atoms with Crippen molar-refractivity contribution in [1.82, 2.24) is 14.7 Å². The van der Waals surface area contributed by atoms with Gasteiger partial charge in [0, 0.05) is 26.2 Å². The van der Waals surface area contributed by atoms with Crippen molar-refractivity contribution in [2.45, 2.75) is 33.6 Å². The van der Waals surface area contributed by atoms with Crippen LogP contribution in [0.25, 0.3) is 0 Å². The minimum absolute atomic E-state index is 0.469. The maximum absolute atomic E-state index is 2.65. The van der Waals surface area contributed by atoms with Crippen molar-refractivity contribution in [3.05, 3.63) is 0 Å². The molecule has 1 heterocycles. The van der Waals surface area contributed by atoms with Crippen LogP contribution in [0.1, 0.15) is 33.6 Å². The van der Waals surface area contributed by atoms with E-state index in [1.807, 2.05) is 0 Å². The van der Waals surface area contributed by atoms with Crippen molar-refractivity contribution < 1.29 is 0 Å². The van der Waals surface area contributed by atoms with Crippen molar-refractivity contribution in [2.75, 3.05) is 59.9 Å². The average molecular weight is 255 g/mol. The van der Waals surface area contributed by atoms with Crippen LogP contribution in [0.5, 0.6) is 0 Å². The van der Waals surface area contributed by atoms with E-state index in [1.54, 1.807) is 0 Å². The summed E-state index contributed by atoms with van der Waals surface area (Å²) in [6, 6.07) is 0. The lowest BCUT2D eigenvalue weighted by Gasteiger charge is -2.26. The van der Waals surface area contributed by atoms with Gasteiger partial charge >= 0.3 is 0 Å². The van der Waals surface area contributed by atoms with Gasteiger partial charge in [0.05, 0.1) is 0 Å². The molecule has 1 aliphatic heterocycles. The van der Waals surface area contributed by atoms with Crippen molar-refractivity contribution in [1.29, 1.82) is 0 Å². The average Bonchev–Trinajstić information content (AvgIpc) is 2.47. The minimum atomic E-state index is 0.469. The predicted molar refractivity (Wildman–Crippen MR) is 80.1 cm³/mol. The van der Waals surface area contributed by atoms with Crippen LogP contribution in [0, 0.1) is 5.41 Å². The number of rotatable bonds is 5. The highest BCUT2D eigenvalue weighted by Crippen LogP contribution is 2.19. The lowest BCUT2D eigenvalue weighted by Crippen LogP contribution is -2.35. The van der Waals surface area contributed by atoms with Crippen LogP contribution in [0.4, 0.5) is 0 Å². The van der Waals surface area contributed by atoms with E-state index in [9.17, 15) is 0 Å². The molecule has 0 aromatic rings. The quantitative estimate of drug-likeness (QED) is 0.744. The molecule has 0 spiro atoms. The zero-order valence-corrected chi connectivity index (χ0v) is 13.2. The second-order valence-electron chi connectivity index (χ2n) is 7.15. The molecule has 0 amide bonds. The monoisotopic (exact) mass is 255 g/mol. The highest BCUT2D eigenvalue weighted by Gasteiger charge is 2.17. The van der Waals surface area contributed by atoms with Gasteiger partial charge in [0.25, 0.3) is 0 Å². The fourth-order valence-corrected chi connectivity index (χ4v) is 2.31. The molecule has 0 aromatic carbocycles. The Labute approximate surface area is 114 Å². The van der Waals surface area contributed by atoms with E-state index < -0.39 is 0 Å². The molecule has 18 heavy (non-hydrogen) atoms. The third-order valence-corrected chi connectivity index (χ3v) is 3.72. The molecule has 0 unspecified atom stereocenters. The predicted octanol–water partition coefficient (Wildman–Crippen LogP) is 1.99. The maximum atomic E-state index is 2.65. The van der Waals surface area contributed by atoms with Crippen molar-refractivity contribution in [3.8, 4) is 0 Å². The molecule has 3 heteroatoms. The maximum Gasteiger partial charge on any atom is 0.0110 e. The first-order chi connectivity index (χ1) is 8.37. The second kappa shape index (κ2) is 7.46. The van der Waals surface area contributed by atoms with Crippen LogP contribution in [-0.4, -0.2) is 74.6 Å². The van der Waals surface area contributed by atoms with E-state index in [1.165, 1.54) is 58.7 Å². The van der Waals surface area contributed by atoms with E-state index in [4.69, 9.17) is 0 Å². The van der Waals surface area contributed by atoms with Crippen LogP contribution in [-0.2, 0) is 0 Å². The standard InChI is InChI=1S/C15H33N3/c1-15(2,3)7-10-17-8-6-9-18(14-13-17)12-11-16(4)5/h6-14H2,1-5H3. The second-order valence-corrected chi connectivity index (χ2v) is 7.15. The van der Waals surface area contributed by atoms with E-state index >= 15 is 0 Å². The van der Waals surface area contributed by atoms with E-state index in [0.717, 1.165) is 0 Å². The Hall–Kier alpha value is -0.120. The molecule has 3 nitrogen and oxygen atoms in total. The third-order valence-electron chi connectivity index (χ3n) is 3.72. The molecule has 0 N–H and O–H groups in total. The third kappa shape index (κ3) is 7.34. The smallest absolute Gasteiger partial charge is 0.0110 e. The van der Waals surface area contributed by atoms with Gasteiger partial charge in [0.2, 0.25) is 0 Å². The van der Waals surface area contributed by atoms with Gasteiger partial charge in [-0.05, 0) is 52.0 Å². The van der Waals surface area contributed by atoms with Crippen LogP contribution in [0.15, 0.2) is 0 Å². The van der Waals surface area contributed by atoms with Gasteiger partial charge in [-0.3, -0.25) is 0 Å². The van der Waals surface area contributed by atoms with Gasteiger partial charge in [0.1, 0.15) is 0 Å². The molecule has 1 fully saturated rings. The summed E-state index contributed by atoms with van der Waals surface area (Å²) in [4.78, 5) is 7.56. The number of hydrogen-bond donors (Lipinski definition) is 0. The first-order valence-corrected chi connectivity index (χ1v) is 7.46. The van der Waals surface area contributed by atoms with E-state index in [-0.39, 0.29) is 0 Å². The Morgan fingerprint density at radius 1 is 0.889 bits per heavy atom. The molecule has 1 aliphatic rings. The summed E-state index contributed by atoms with van der Waals surface area (Å²) in [5.74, 6) is 0. The van der Waals surface area contributed by atoms with Crippen molar-refractivity contribution in [3.63, 3.8) is 0 Å². The van der Waals surface area contributed by atoms with Gasteiger partial charge in [-0.15, -0.1) is 0 Å². The molecule has 0 aliphatic carbocycles. The highest BCUT2D eigenvalue weighted by atomic mass is 15.2. The Morgan fingerprint density at radius 3 is 1.94 bits per heavy atom. The SMILES string of the molecule is CN(C)CCN1CCCN(CCC(C)(C)C)CC1. The molecule has 108 valence electrons. The molecule has 0 atom stereocenters. The van der Waals surface area contributed by atoms with E-state index in [2.05, 4.69) is 49.6 Å². The highest BCUT2D eigenvalue weighted by molar-refractivity contribution is 4.72. The zero-order valence-electron chi connectivity index (χ0n) is 13.2. The van der Waals surface area contributed by atoms with Crippen LogP contribution >= 0.6 is 0 Å². The van der Waals surface area contributed by atoms with Gasteiger partial charge in [-0.1, -0.05) is 20.8 Å². The summed E-state index contributed by atoms with van der Waals surface area (Å²) in [5.41, 5.74) is 0.469. The number of nitrogens with zero attached hydrogens (tertiary/aromatic N) is 3. The summed E-state index contributed by atoms with van der Waals surface area (Å²) in [7, 11) is 4.32. The van der Waals surface area contributed by atoms with Gasteiger partial charge < -0.3 is 14.7 Å². The lowest BCUT2D eigenvalue weighted by atomic mass is 9.92. The Kier molecular flexibility index (Phi) is 6.61. The molecule has 0 aromatic heterocycles. The molecular weight excluding hydrogens is 222 g/mol. The summed E-state index contributed by atoms with van der Waals surface area (Å²) >= 11 is 0. The normalized spacial score (nSPS) is 20.3. The summed E-state index contributed by atoms with van der Waals surface area (Å²) in [6.45, 7) is 15.8. The Bertz CT molecular complexity index is 220. The largest absolute Gasteiger partial charge is 0.308 e. The first kappa shape index (κ1) is 15.9. The zero-order chi connectivity index (χ0) is 13.6. The van der Waals surface area contributed by atoms with E-state index in [0.29, 0.717) is 5.41 Å². The minimum Gasteiger partial charge on any atom is -0.308 e. The van der Waals surface area contributed by atoms with Crippen LogP contribution in [0.3, 0.4) is 0 Å². The molecular formula is C15H33N3. The van der Waals surface area contributed by atoms with Crippen LogP contribution in [0.2, 0.25) is 0 Å². The Balaban J connectivity index is 2.24. The van der Waals surface area contributed by atoms with Gasteiger partial charge in [0.15, 0.2) is 0 Å². The fraction of sp³-hybridized carbons (Fsp3) is 1.00. The van der Waals surface area contributed by atoms with Gasteiger partial charge in [-0.2, -0.15) is 0 Å². The molecule has 0 bridgehead atoms. The lowest BCUT2D eigenvalue weighted by molar-refractivity contribution is 0.218. The topological polar surface area (TPSA) is 9.72 Å². The van der Waals surface area contributed by atoms with Crippen molar-refractivity contribution >= 4 is 0 Å². The number of likely N-dealkylation sites (N-methyl/N-ethyl adjacent to an activating group) is 1. The first-order valence-electron chi connectivity index (χ1n) is 7.46. The molecule has 1 saturated heterocycles. The summed E-state index contributed by atoms with van der Waals surface area (Å²) in [6.07, 6.45) is 2.64. The summed E-state index contributed by atoms with van der Waals surface area (Å²) in [5, 5.41) is 0. The summed E-state index contributed by atoms with van der Waals surface area (Å²) < 4.78 is 0. The fourth-order valence-electron chi connectivity index (χ4n) is 2.31. The van der Waals surface area contributed by atoms with Gasteiger partial charge in [-0.25, -0.2) is 0 Å².